The number of piperidine rings is 1. The van der Waals surface area contributed by atoms with Crippen molar-refractivity contribution < 1.29 is 0 Å². The molecule has 0 unspecified atom stereocenters. The molecule has 5 heterocycles. The van der Waals surface area contributed by atoms with Crippen LogP contribution in [-0.2, 0) is 19.9 Å². The maximum atomic E-state index is 12.7. The van der Waals surface area contributed by atoms with E-state index in [2.05, 4.69) is 44.3 Å². The molecule has 0 amide bonds. The number of H-pyrrole nitrogens is 1. The molecule has 4 aromatic rings. The Hall–Kier alpha value is -3.72. The van der Waals surface area contributed by atoms with E-state index in [1.165, 1.54) is 11.1 Å². The Bertz CT molecular complexity index is 1530. The number of nitrogens with two attached hydrogens (primary N) is 1. The zero-order valence-corrected chi connectivity index (χ0v) is 20.4. The number of rotatable bonds is 2. The SMILES string of the molecule is Cn1ccc2c(c1=O)CCCN2c1n[nH]c2nc(N3CCC4(CC3)Cc3ccccc3[C@H]4N)cnc12. The molecule has 3 aromatic heterocycles. The zero-order valence-electron chi connectivity index (χ0n) is 20.4. The fourth-order valence-corrected chi connectivity index (χ4v) is 6.52. The predicted octanol–water partition coefficient (Wildman–Crippen LogP) is 2.98. The molecule has 1 spiro atoms. The molecule has 1 aliphatic carbocycles. The number of fused-ring (bicyclic) bond motifs is 3. The molecule has 9 nitrogen and oxygen atoms in total. The summed E-state index contributed by atoms with van der Waals surface area (Å²) in [7, 11) is 1.79. The first-order valence-electron chi connectivity index (χ1n) is 12.8. The Kier molecular flexibility index (Phi) is 4.73. The van der Waals surface area contributed by atoms with Crippen molar-refractivity contribution in [2.24, 2.45) is 18.2 Å². The third-order valence-corrected chi connectivity index (χ3v) is 8.61. The summed E-state index contributed by atoms with van der Waals surface area (Å²) < 4.78 is 1.64. The molecule has 184 valence electrons. The summed E-state index contributed by atoms with van der Waals surface area (Å²) >= 11 is 0. The lowest BCUT2D eigenvalue weighted by Crippen LogP contribution is -2.44. The van der Waals surface area contributed by atoms with Crippen molar-refractivity contribution in [2.75, 3.05) is 29.4 Å². The van der Waals surface area contributed by atoms with Gasteiger partial charge in [-0.05, 0) is 54.7 Å². The van der Waals surface area contributed by atoms with E-state index in [4.69, 9.17) is 15.7 Å². The Morgan fingerprint density at radius 2 is 1.97 bits per heavy atom. The minimum atomic E-state index is 0.0540. The summed E-state index contributed by atoms with van der Waals surface area (Å²) in [6.45, 7) is 2.61. The molecule has 1 atom stereocenters. The fraction of sp³-hybridized carbons (Fsp3) is 0.407. The lowest BCUT2D eigenvalue weighted by molar-refractivity contribution is 0.187. The fourth-order valence-electron chi connectivity index (χ4n) is 6.52. The minimum Gasteiger partial charge on any atom is -0.355 e. The van der Waals surface area contributed by atoms with Gasteiger partial charge in [-0.15, -0.1) is 0 Å². The second kappa shape index (κ2) is 7.89. The summed E-state index contributed by atoms with van der Waals surface area (Å²) in [5, 5.41) is 7.67. The van der Waals surface area contributed by atoms with Gasteiger partial charge < -0.3 is 20.1 Å². The van der Waals surface area contributed by atoms with Gasteiger partial charge in [0.05, 0.1) is 11.9 Å². The van der Waals surface area contributed by atoms with Crippen LogP contribution < -0.4 is 21.1 Å². The highest BCUT2D eigenvalue weighted by Gasteiger charge is 2.46. The van der Waals surface area contributed by atoms with E-state index in [0.717, 1.165) is 80.1 Å². The average Bonchev–Trinajstić information content (AvgIpc) is 3.45. The topological polar surface area (TPSA) is 109 Å². The first kappa shape index (κ1) is 21.6. The average molecular weight is 483 g/mol. The summed E-state index contributed by atoms with van der Waals surface area (Å²) in [4.78, 5) is 26.8. The van der Waals surface area contributed by atoms with Gasteiger partial charge in [0.1, 0.15) is 5.82 Å². The van der Waals surface area contributed by atoms with E-state index in [9.17, 15) is 4.79 Å². The predicted molar refractivity (Wildman–Crippen MR) is 140 cm³/mol. The molecule has 2 aliphatic heterocycles. The van der Waals surface area contributed by atoms with Crippen molar-refractivity contribution >= 4 is 28.5 Å². The summed E-state index contributed by atoms with van der Waals surface area (Å²) in [6.07, 6.45) is 8.49. The molecule has 0 bridgehead atoms. The summed E-state index contributed by atoms with van der Waals surface area (Å²) in [5.41, 5.74) is 12.8. The number of anilines is 3. The molecular weight excluding hydrogens is 452 g/mol. The molecule has 7 rings (SSSR count). The standard InChI is InChI=1S/C27H30N8O/c1-33-12-8-20-19(26(33)36)7-4-11-35(20)25-22-24(31-32-25)30-21(16-29-22)34-13-9-27(10-14-34)15-17-5-2-3-6-18(17)23(27)28/h2-3,5-6,8,12,16,23H,4,7,9-11,13-15,28H2,1H3,(H,30,31,32)/t23-/m1/s1. The summed E-state index contributed by atoms with van der Waals surface area (Å²) in [6, 6.07) is 10.7. The van der Waals surface area contributed by atoms with Crippen LogP contribution in [0.1, 0.15) is 42.0 Å². The molecule has 36 heavy (non-hydrogen) atoms. The van der Waals surface area contributed by atoms with Crippen LogP contribution in [0.3, 0.4) is 0 Å². The first-order valence-corrected chi connectivity index (χ1v) is 12.8. The van der Waals surface area contributed by atoms with Crippen LogP contribution in [-0.4, -0.2) is 44.4 Å². The number of nitrogens with one attached hydrogen (secondary N) is 1. The van der Waals surface area contributed by atoms with Crippen molar-refractivity contribution in [2.45, 2.75) is 38.1 Å². The number of pyridine rings is 1. The number of hydrogen-bond donors (Lipinski definition) is 2. The van der Waals surface area contributed by atoms with Gasteiger partial charge in [-0.25, -0.2) is 9.97 Å². The third kappa shape index (κ3) is 3.12. The Morgan fingerprint density at radius 3 is 2.81 bits per heavy atom. The van der Waals surface area contributed by atoms with Gasteiger partial charge in [0, 0.05) is 44.5 Å². The lowest BCUT2D eigenvalue weighted by atomic mass is 9.73. The Labute approximate surface area is 209 Å². The van der Waals surface area contributed by atoms with Gasteiger partial charge in [-0.3, -0.25) is 9.89 Å². The number of aryl methyl sites for hydroxylation is 1. The minimum absolute atomic E-state index is 0.0540. The van der Waals surface area contributed by atoms with Crippen LogP contribution in [0.4, 0.5) is 17.3 Å². The van der Waals surface area contributed by atoms with E-state index in [1.54, 1.807) is 11.6 Å². The van der Waals surface area contributed by atoms with Gasteiger partial charge in [0.2, 0.25) is 0 Å². The van der Waals surface area contributed by atoms with Crippen LogP contribution in [0, 0.1) is 5.41 Å². The zero-order chi connectivity index (χ0) is 24.4. The Morgan fingerprint density at radius 1 is 1.14 bits per heavy atom. The van der Waals surface area contributed by atoms with Crippen molar-refractivity contribution in [3.63, 3.8) is 0 Å². The molecule has 1 fully saturated rings. The first-order chi connectivity index (χ1) is 17.5. The van der Waals surface area contributed by atoms with Crippen molar-refractivity contribution in [3.05, 3.63) is 69.8 Å². The molecule has 1 saturated heterocycles. The highest BCUT2D eigenvalue weighted by molar-refractivity contribution is 5.87. The maximum Gasteiger partial charge on any atom is 0.255 e. The summed E-state index contributed by atoms with van der Waals surface area (Å²) in [5.74, 6) is 1.59. The third-order valence-electron chi connectivity index (χ3n) is 8.61. The monoisotopic (exact) mass is 482 g/mol. The van der Waals surface area contributed by atoms with Crippen molar-refractivity contribution in [1.82, 2.24) is 24.7 Å². The highest BCUT2D eigenvalue weighted by Crippen LogP contribution is 2.51. The van der Waals surface area contributed by atoms with E-state index in [1.807, 2.05) is 18.5 Å². The van der Waals surface area contributed by atoms with Crippen LogP contribution in [0.2, 0.25) is 0 Å². The number of benzene rings is 1. The van der Waals surface area contributed by atoms with Gasteiger partial charge in [-0.2, -0.15) is 5.10 Å². The van der Waals surface area contributed by atoms with Crippen LogP contribution >= 0.6 is 0 Å². The second-order valence-corrected chi connectivity index (χ2v) is 10.5. The van der Waals surface area contributed by atoms with Crippen molar-refractivity contribution in [3.8, 4) is 0 Å². The van der Waals surface area contributed by atoms with Crippen LogP contribution in [0.25, 0.3) is 11.2 Å². The smallest absolute Gasteiger partial charge is 0.255 e. The maximum absolute atomic E-state index is 12.7. The number of nitrogens with zero attached hydrogens (tertiary/aromatic N) is 6. The molecule has 3 aliphatic rings. The van der Waals surface area contributed by atoms with Crippen molar-refractivity contribution in [1.29, 1.82) is 0 Å². The lowest BCUT2D eigenvalue weighted by Gasteiger charge is -2.42. The van der Waals surface area contributed by atoms with Gasteiger partial charge in [-0.1, -0.05) is 24.3 Å². The van der Waals surface area contributed by atoms with E-state index in [0.29, 0.717) is 5.65 Å². The van der Waals surface area contributed by atoms with E-state index < -0.39 is 0 Å². The van der Waals surface area contributed by atoms with E-state index >= 15 is 0 Å². The quantitative estimate of drug-likeness (QED) is 0.452. The molecule has 0 saturated carbocycles. The van der Waals surface area contributed by atoms with Gasteiger partial charge >= 0.3 is 0 Å². The van der Waals surface area contributed by atoms with Crippen LogP contribution in [0.5, 0.6) is 0 Å². The number of hydrogen-bond acceptors (Lipinski definition) is 7. The number of aromatic nitrogens is 5. The normalized spacial score (nSPS) is 20.7. The molecule has 3 N–H and O–H groups in total. The molecule has 1 aromatic carbocycles. The van der Waals surface area contributed by atoms with E-state index in [-0.39, 0.29) is 17.0 Å². The Balaban J connectivity index is 1.14. The van der Waals surface area contributed by atoms with Gasteiger partial charge in [0.25, 0.3) is 5.56 Å². The molecule has 0 radical (unpaired) electrons. The second-order valence-electron chi connectivity index (χ2n) is 10.5. The van der Waals surface area contributed by atoms with Crippen LogP contribution in [0.15, 0.2) is 47.5 Å². The molecule has 9 heteroatoms. The number of aromatic amines is 1. The highest BCUT2D eigenvalue weighted by atomic mass is 16.1. The van der Waals surface area contributed by atoms with Gasteiger partial charge in [0.15, 0.2) is 17.0 Å². The largest absolute Gasteiger partial charge is 0.355 e. The molecular formula is C27H30N8O.